The van der Waals surface area contributed by atoms with Crippen LogP contribution in [-0.2, 0) is 16.0 Å². The lowest BCUT2D eigenvalue weighted by Gasteiger charge is -2.22. The van der Waals surface area contributed by atoms with Gasteiger partial charge in [0.05, 0.1) is 0 Å². The Morgan fingerprint density at radius 1 is 1.13 bits per heavy atom. The predicted octanol–water partition coefficient (Wildman–Crippen LogP) is 1.90. The van der Waals surface area contributed by atoms with Gasteiger partial charge in [0.15, 0.2) is 6.04 Å². The van der Waals surface area contributed by atoms with Crippen LogP contribution in [0.5, 0.6) is 5.75 Å². The van der Waals surface area contributed by atoms with Gasteiger partial charge in [-0.2, -0.15) is 0 Å². The van der Waals surface area contributed by atoms with E-state index < -0.39 is 48.0 Å². The molecule has 162 valence electrons. The van der Waals surface area contributed by atoms with Crippen LogP contribution < -0.4 is 15.8 Å². The summed E-state index contributed by atoms with van der Waals surface area (Å²) in [4.78, 5) is 23.8. The molecular weight excluding hydrogens is 412 g/mol. The van der Waals surface area contributed by atoms with E-state index in [4.69, 9.17) is 5.73 Å². The lowest BCUT2D eigenvalue weighted by molar-refractivity contribution is -0.274. The highest BCUT2D eigenvalue weighted by atomic mass is 19.4. The standard InChI is InChI=1S/C19H18F4N2O5/c20-12-5-1-3-10(7-12)8-14(24)16(26)17(27)25-15(18(28)29)11-4-2-6-13(9-11)30-19(21,22)23/h1-7,9,14-16,26H,8,24H2,(H,25,27)(H,28,29)/t14-,15+,16+/m1/s1. The molecule has 0 aliphatic carbocycles. The molecule has 0 unspecified atom stereocenters. The van der Waals surface area contributed by atoms with Gasteiger partial charge in [-0.15, -0.1) is 13.2 Å². The van der Waals surface area contributed by atoms with Crippen LogP contribution in [0.1, 0.15) is 17.2 Å². The van der Waals surface area contributed by atoms with Crippen molar-refractivity contribution >= 4 is 11.9 Å². The van der Waals surface area contributed by atoms with Crippen molar-refractivity contribution in [2.45, 2.75) is 31.0 Å². The van der Waals surface area contributed by atoms with E-state index in [9.17, 15) is 37.4 Å². The molecule has 2 rings (SSSR count). The number of ether oxygens (including phenoxy) is 1. The van der Waals surface area contributed by atoms with E-state index in [-0.39, 0.29) is 12.0 Å². The summed E-state index contributed by atoms with van der Waals surface area (Å²) >= 11 is 0. The third-order valence-electron chi connectivity index (χ3n) is 3.99. The maximum atomic E-state index is 13.2. The van der Waals surface area contributed by atoms with E-state index in [2.05, 4.69) is 4.74 Å². The molecule has 1 amide bonds. The second kappa shape index (κ2) is 9.55. The number of aliphatic hydroxyl groups is 1. The average molecular weight is 430 g/mol. The van der Waals surface area contributed by atoms with Gasteiger partial charge in [-0.25, -0.2) is 9.18 Å². The number of halogens is 4. The number of carbonyl (C=O) groups excluding carboxylic acids is 1. The van der Waals surface area contributed by atoms with E-state index in [0.717, 1.165) is 24.3 Å². The molecule has 0 saturated carbocycles. The first-order valence-electron chi connectivity index (χ1n) is 8.53. The van der Waals surface area contributed by atoms with E-state index >= 15 is 0 Å². The van der Waals surface area contributed by atoms with Crippen LogP contribution >= 0.6 is 0 Å². The van der Waals surface area contributed by atoms with Crippen LogP contribution in [0.4, 0.5) is 17.6 Å². The number of carboxylic acid groups (broad SMARTS) is 1. The largest absolute Gasteiger partial charge is 0.573 e. The molecule has 0 aliphatic rings. The zero-order valence-corrected chi connectivity index (χ0v) is 15.3. The molecule has 0 aliphatic heterocycles. The fraction of sp³-hybridized carbons (Fsp3) is 0.263. The SMILES string of the molecule is N[C@H](Cc1cccc(F)c1)[C@H](O)C(=O)N[C@H](C(=O)O)c1cccc(OC(F)(F)F)c1. The molecule has 3 atom stereocenters. The van der Waals surface area contributed by atoms with Crippen molar-refractivity contribution in [1.29, 1.82) is 0 Å². The number of aliphatic carboxylic acids is 1. The van der Waals surface area contributed by atoms with Gasteiger partial charge in [-0.1, -0.05) is 24.3 Å². The predicted molar refractivity (Wildman–Crippen MR) is 95.7 cm³/mol. The van der Waals surface area contributed by atoms with Gasteiger partial charge in [-0.3, -0.25) is 4.79 Å². The Labute approximate surface area is 168 Å². The van der Waals surface area contributed by atoms with E-state index in [1.54, 1.807) is 0 Å². The Morgan fingerprint density at radius 2 is 1.80 bits per heavy atom. The Kier molecular flexibility index (Phi) is 7.35. The van der Waals surface area contributed by atoms with Gasteiger partial charge in [0, 0.05) is 6.04 Å². The molecule has 0 radical (unpaired) electrons. The number of hydrogen-bond acceptors (Lipinski definition) is 5. The number of amides is 1. The minimum atomic E-state index is -4.99. The monoisotopic (exact) mass is 430 g/mol. The topological polar surface area (TPSA) is 122 Å². The van der Waals surface area contributed by atoms with Gasteiger partial charge in [0.2, 0.25) is 0 Å². The van der Waals surface area contributed by atoms with Crippen molar-refractivity contribution in [3.8, 4) is 5.75 Å². The second-order valence-corrected chi connectivity index (χ2v) is 6.34. The number of alkyl halides is 3. The zero-order valence-electron chi connectivity index (χ0n) is 15.3. The van der Waals surface area contributed by atoms with Crippen LogP contribution in [0, 0.1) is 5.82 Å². The Balaban J connectivity index is 2.11. The Bertz CT molecular complexity index is 906. The summed E-state index contributed by atoms with van der Waals surface area (Å²) in [5, 5.41) is 21.5. The zero-order chi connectivity index (χ0) is 22.5. The molecule has 0 heterocycles. The first-order chi connectivity index (χ1) is 14.0. The molecular formula is C19H18F4N2O5. The first kappa shape index (κ1) is 23.1. The highest BCUT2D eigenvalue weighted by molar-refractivity contribution is 5.87. The minimum Gasteiger partial charge on any atom is -0.479 e. The summed E-state index contributed by atoms with van der Waals surface area (Å²) in [7, 11) is 0. The minimum absolute atomic E-state index is 0.0843. The van der Waals surface area contributed by atoms with Gasteiger partial charge >= 0.3 is 12.3 Å². The lowest BCUT2D eigenvalue weighted by atomic mass is 10.0. The number of nitrogens with two attached hydrogens (primary N) is 1. The highest BCUT2D eigenvalue weighted by Crippen LogP contribution is 2.26. The molecule has 0 saturated heterocycles. The number of benzene rings is 2. The second-order valence-electron chi connectivity index (χ2n) is 6.34. The number of rotatable bonds is 8. The number of hydrogen-bond donors (Lipinski definition) is 4. The molecule has 30 heavy (non-hydrogen) atoms. The van der Waals surface area contributed by atoms with Gasteiger partial charge in [0.25, 0.3) is 5.91 Å². The van der Waals surface area contributed by atoms with E-state index in [1.807, 2.05) is 5.32 Å². The maximum Gasteiger partial charge on any atom is 0.573 e. The van der Waals surface area contributed by atoms with Crippen LogP contribution in [0.25, 0.3) is 0 Å². The van der Waals surface area contributed by atoms with Crippen molar-refractivity contribution < 1.29 is 42.1 Å². The summed E-state index contributed by atoms with van der Waals surface area (Å²) in [6, 6.07) is 6.38. The molecule has 5 N–H and O–H groups in total. The summed E-state index contributed by atoms with van der Waals surface area (Å²) < 4.78 is 54.1. The van der Waals surface area contributed by atoms with Crippen LogP contribution in [0.3, 0.4) is 0 Å². The van der Waals surface area contributed by atoms with E-state index in [1.165, 1.54) is 24.3 Å². The third kappa shape index (κ3) is 6.71. The number of nitrogens with one attached hydrogen (secondary N) is 1. The molecule has 0 fully saturated rings. The van der Waals surface area contributed by atoms with Gasteiger partial charge in [-0.05, 0) is 41.8 Å². The number of aliphatic hydroxyl groups excluding tert-OH is 1. The molecule has 7 nitrogen and oxygen atoms in total. The normalized spacial score (nSPS) is 14.5. The Hall–Kier alpha value is -3.18. The summed E-state index contributed by atoms with van der Waals surface area (Å²) in [5.41, 5.74) is 5.94. The first-order valence-corrected chi connectivity index (χ1v) is 8.53. The van der Waals surface area contributed by atoms with Crippen molar-refractivity contribution in [1.82, 2.24) is 5.32 Å². The molecule has 11 heteroatoms. The molecule has 0 bridgehead atoms. The highest BCUT2D eigenvalue weighted by Gasteiger charge is 2.32. The quantitative estimate of drug-likeness (QED) is 0.475. The number of carbonyl (C=O) groups is 2. The van der Waals surface area contributed by atoms with Crippen molar-refractivity contribution in [3.63, 3.8) is 0 Å². The number of carboxylic acids is 1. The average Bonchev–Trinajstić information content (AvgIpc) is 2.63. The van der Waals surface area contributed by atoms with Crippen LogP contribution in [-0.4, -0.2) is 40.6 Å². The van der Waals surface area contributed by atoms with Crippen molar-refractivity contribution in [2.24, 2.45) is 5.73 Å². The molecule has 0 aromatic heterocycles. The van der Waals surface area contributed by atoms with Crippen molar-refractivity contribution in [3.05, 3.63) is 65.5 Å². The smallest absolute Gasteiger partial charge is 0.479 e. The van der Waals surface area contributed by atoms with Crippen LogP contribution in [0.15, 0.2) is 48.5 Å². The maximum absolute atomic E-state index is 13.2. The molecule has 2 aromatic rings. The fourth-order valence-corrected chi connectivity index (χ4v) is 2.65. The van der Waals surface area contributed by atoms with Crippen LogP contribution in [0.2, 0.25) is 0 Å². The Morgan fingerprint density at radius 3 is 2.40 bits per heavy atom. The lowest BCUT2D eigenvalue weighted by Crippen LogP contribution is -2.49. The van der Waals surface area contributed by atoms with Crippen molar-refractivity contribution in [2.75, 3.05) is 0 Å². The summed E-state index contributed by atoms with van der Waals surface area (Å²) in [5.74, 6) is -3.96. The molecule has 0 spiro atoms. The van der Waals surface area contributed by atoms with E-state index in [0.29, 0.717) is 5.56 Å². The fourth-order valence-electron chi connectivity index (χ4n) is 2.65. The summed E-state index contributed by atoms with van der Waals surface area (Å²) in [6.07, 6.45) is -6.93. The summed E-state index contributed by atoms with van der Waals surface area (Å²) in [6.45, 7) is 0. The molecule has 2 aromatic carbocycles. The van der Waals surface area contributed by atoms with Gasteiger partial charge in [0.1, 0.15) is 17.7 Å². The van der Waals surface area contributed by atoms with Gasteiger partial charge < -0.3 is 26.0 Å². The third-order valence-corrected chi connectivity index (χ3v) is 3.99.